The largest absolute Gasteiger partial charge is 0.496 e. The van der Waals surface area contributed by atoms with Crippen molar-refractivity contribution in [2.45, 2.75) is 20.8 Å². The van der Waals surface area contributed by atoms with Gasteiger partial charge in [-0.1, -0.05) is 0 Å². The molecule has 5 nitrogen and oxygen atoms in total. The Morgan fingerprint density at radius 3 is 2.47 bits per heavy atom. The van der Waals surface area contributed by atoms with Crippen LogP contribution in [0.15, 0.2) is 18.2 Å². The van der Waals surface area contributed by atoms with E-state index in [1.165, 1.54) is 0 Å². The van der Waals surface area contributed by atoms with Crippen molar-refractivity contribution in [3.05, 3.63) is 35.0 Å². The summed E-state index contributed by atoms with van der Waals surface area (Å²) in [6.45, 7) is 6.01. The van der Waals surface area contributed by atoms with Crippen LogP contribution >= 0.6 is 0 Å². The van der Waals surface area contributed by atoms with E-state index in [9.17, 15) is 0 Å². The van der Waals surface area contributed by atoms with Gasteiger partial charge in [-0.05, 0) is 50.1 Å². The van der Waals surface area contributed by atoms with Crippen LogP contribution in [-0.4, -0.2) is 17.1 Å². The maximum absolute atomic E-state index is 5.38. The van der Waals surface area contributed by atoms with E-state index in [0.717, 1.165) is 33.8 Å². The molecule has 1 aromatic heterocycles. The van der Waals surface area contributed by atoms with E-state index in [1.54, 1.807) is 7.11 Å². The summed E-state index contributed by atoms with van der Waals surface area (Å²) in [5, 5.41) is 0. The number of hydrogen-bond donors (Lipinski definition) is 2. The molecule has 1 aromatic carbocycles. The molecule has 0 aliphatic carbocycles. The molecule has 2 aromatic rings. The highest BCUT2D eigenvalue weighted by atomic mass is 16.5. The number of benzene rings is 1. The minimum atomic E-state index is 0.419. The molecule has 0 aliphatic rings. The zero-order chi connectivity index (χ0) is 14.0. The third-order valence-corrected chi connectivity index (χ3v) is 3.22. The van der Waals surface area contributed by atoms with Gasteiger partial charge in [-0.3, -0.25) is 5.43 Å². The molecule has 0 aliphatic heterocycles. The lowest BCUT2D eigenvalue weighted by atomic mass is 9.99. The lowest BCUT2D eigenvalue weighted by Crippen LogP contribution is -2.11. The van der Waals surface area contributed by atoms with Gasteiger partial charge in [0.15, 0.2) is 0 Å². The molecular formula is C14H18N4O. The SMILES string of the molecule is COc1ccc(-c2cc(C)nc(NN)n2)c(C)c1C. The summed E-state index contributed by atoms with van der Waals surface area (Å²) in [6.07, 6.45) is 0. The number of rotatable bonds is 3. The molecule has 0 unspecified atom stereocenters. The number of hydrogen-bond acceptors (Lipinski definition) is 5. The van der Waals surface area contributed by atoms with Crippen molar-refractivity contribution in [2.75, 3.05) is 12.5 Å². The molecule has 0 atom stereocenters. The highest BCUT2D eigenvalue weighted by Crippen LogP contribution is 2.30. The maximum Gasteiger partial charge on any atom is 0.237 e. The molecule has 0 amide bonds. The molecule has 1 heterocycles. The molecule has 100 valence electrons. The van der Waals surface area contributed by atoms with Crippen molar-refractivity contribution in [2.24, 2.45) is 5.84 Å². The van der Waals surface area contributed by atoms with E-state index in [0.29, 0.717) is 5.95 Å². The van der Waals surface area contributed by atoms with E-state index >= 15 is 0 Å². The summed E-state index contributed by atoms with van der Waals surface area (Å²) in [4.78, 5) is 8.58. The van der Waals surface area contributed by atoms with Gasteiger partial charge in [0.05, 0.1) is 12.8 Å². The highest BCUT2D eigenvalue weighted by Gasteiger charge is 2.11. The number of nitrogens with one attached hydrogen (secondary N) is 1. The summed E-state index contributed by atoms with van der Waals surface area (Å²) < 4.78 is 5.32. The second kappa shape index (κ2) is 5.24. The Bertz CT molecular complexity index is 611. The van der Waals surface area contributed by atoms with Crippen LogP contribution in [-0.2, 0) is 0 Å². The zero-order valence-corrected chi connectivity index (χ0v) is 11.6. The average molecular weight is 258 g/mol. The Hall–Kier alpha value is -2.14. The third-order valence-electron chi connectivity index (χ3n) is 3.22. The number of anilines is 1. The summed E-state index contributed by atoms with van der Waals surface area (Å²) in [6, 6.07) is 5.89. The fourth-order valence-electron chi connectivity index (χ4n) is 2.07. The van der Waals surface area contributed by atoms with Crippen molar-refractivity contribution in [1.82, 2.24) is 9.97 Å². The van der Waals surface area contributed by atoms with Gasteiger partial charge in [0.2, 0.25) is 5.95 Å². The zero-order valence-electron chi connectivity index (χ0n) is 11.6. The standard InChI is InChI=1S/C14H18N4O/c1-8-7-12(17-14(16-8)18-15)11-5-6-13(19-4)10(3)9(11)2/h5-7H,15H2,1-4H3,(H,16,17,18). The molecule has 3 N–H and O–H groups in total. The lowest BCUT2D eigenvalue weighted by Gasteiger charge is -2.13. The van der Waals surface area contributed by atoms with E-state index < -0.39 is 0 Å². The molecule has 19 heavy (non-hydrogen) atoms. The fourth-order valence-corrected chi connectivity index (χ4v) is 2.07. The van der Waals surface area contributed by atoms with E-state index in [-0.39, 0.29) is 0 Å². The number of methoxy groups -OCH3 is 1. The fraction of sp³-hybridized carbons (Fsp3) is 0.286. The van der Waals surface area contributed by atoms with Gasteiger partial charge in [-0.15, -0.1) is 0 Å². The summed E-state index contributed by atoms with van der Waals surface area (Å²) >= 11 is 0. The van der Waals surface area contributed by atoms with Gasteiger partial charge in [0, 0.05) is 11.3 Å². The lowest BCUT2D eigenvalue weighted by molar-refractivity contribution is 0.411. The Balaban J connectivity index is 2.59. The number of nitrogens with two attached hydrogens (primary N) is 1. The van der Waals surface area contributed by atoms with Crippen LogP contribution in [0.25, 0.3) is 11.3 Å². The van der Waals surface area contributed by atoms with E-state index in [2.05, 4.69) is 22.3 Å². The molecule has 0 saturated carbocycles. The Morgan fingerprint density at radius 1 is 1.11 bits per heavy atom. The van der Waals surface area contributed by atoms with Crippen molar-refractivity contribution < 1.29 is 4.74 Å². The Labute approximate surface area is 112 Å². The van der Waals surface area contributed by atoms with Crippen LogP contribution in [0.3, 0.4) is 0 Å². The van der Waals surface area contributed by atoms with Crippen LogP contribution < -0.4 is 16.0 Å². The first kappa shape index (κ1) is 13.3. The highest BCUT2D eigenvalue weighted by molar-refractivity contribution is 5.68. The second-order valence-corrected chi connectivity index (χ2v) is 4.43. The van der Waals surface area contributed by atoms with Crippen LogP contribution in [0.5, 0.6) is 5.75 Å². The van der Waals surface area contributed by atoms with Gasteiger partial charge in [-0.2, -0.15) is 0 Å². The monoisotopic (exact) mass is 258 g/mol. The van der Waals surface area contributed by atoms with Crippen LogP contribution in [0, 0.1) is 20.8 Å². The second-order valence-electron chi connectivity index (χ2n) is 4.43. The van der Waals surface area contributed by atoms with Gasteiger partial charge in [-0.25, -0.2) is 15.8 Å². The average Bonchev–Trinajstić information content (AvgIpc) is 2.41. The van der Waals surface area contributed by atoms with Crippen molar-refractivity contribution in [1.29, 1.82) is 0 Å². The summed E-state index contributed by atoms with van der Waals surface area (Å²) in [7, 11) is 1.67. The number of nitrogen functional groups attached to an aromatic ring is 1. The summed E-state index contributed by atoms with van der Waals surface area (Å²) in [5.41, 5.74) is 7.51. The van der Waals surface area contributed by atoms with Crippen LogP contribution in [0.4, 0.5) is 5.95 Å². The minimum absolute atomic E-state index is 0.419. The molecular weight excluding hydrogens is 240 g/mol. The number of hydrazine groups is 1. The first-order valence-corrected chi connectivity index (χ1v) is 6.03. The Morgan fingerprint density at radius 2 is 1.84 bits per heavy atom. The van der Waals surface area contributed by atoms with Crippen molar-refractivity contribution in [3.63, 3.8) is 0 Å². The van der Waals surface area contributed by atoms with Crippen LogP contribution in [0.1, 0.15) is 16.8 Å². The normalized spacial score (nSPS) is 10.4. The predicted molar refractivity (Wildman–Crippen MR) is 76.0 cm³/mol. The van der Waals surface area contributed by atoms with Crippen molar-refractivity contribution in [3.8, 4) is 17.0 Å². The third kappa shape index (κ3) is 2.51. The Kier molecular flexibility index (Phi) is 3.66. The van der Waals surface area contributed by atoms with E-state index in [1.807, 2.05) is 32.0 Å². The molecule has 0 bridgehead atoms. The van der Waals surface area contributed by atoms with Gasteiger partial charge >= 0.3 is 0 Å². The molecule has 5 heteroatoms. The smallest absolute Gasteiger partial charge is 0.237 e. The first-order valence-electron chi connectivity index (χ1n) is 6.03. The van der Waals surface area contributed by atoms with Crippen LogP contribution in [0.2, 0.25) is 0 Å². The summed E-state index contributed by atoms with van der Waals surface area (Å²) in [5.74, 6) is 6.68. The molecule has 0 radical (unpaired) electrons. The predicted octanol–water partition coefficient (Wildman–Crippen LogP) is 2.36. The quantitative estimate of drug-likeness (QED) is 0.653. The molecule has 0 spiro atoms. The minimum Gasteiger partial charge on any atom is -0.496 e. The topological polar surface area (TPSA) is 73.1 Å². The first-order chi connectivity index (χ1) is 9.06. The molecule has 2 rings (SSSR count). The number of nitrogens with zero attached hydrogens (tertiary/aromatic N) is 2. The van der Waals surface area contributed by atoms with Crippen molar-refractivity contribution >= 4 is 5.95 Å². The number of ether oxygens (including phenoxy) is 1. The van der Waals surface area contributed by atoms with E-state index in [4.69, 9.17) is 10.6 Å². The number of aromatic nitrogens is 2. The molecule has 0 fully saturated rings. The van der Waals surface area contributed by atoms with Gasteiger partial charge < -0.3 is 4.74 Å². The molecule has 0 saturated heterocycles. The van der Waals surface area contributed by atoms with Gasteiger partial charge in [0.25, 0.3) is 0 Å². The van der Waals surface area contributed by atoms with Gasteiger partial charge in [0.1, 0.15) is 5.75 Å². The maximum atomic E-state index is 5.38. The number of aryl methyl sites for hydroxylation is 1.